The summed E-state index contributed by atoms with van der Waals surface area (Å²) >= 11 is 0. The number of aromatic nitrogens is 2. The number of nitrogens with zero attached hydrogens (tertiary/aromatic N) is 2. The molecule has 1 aromatic heterocycles. The first kappa shape index (κ1) is 18.5. The lowest BCUT2D eigenvalue weighted by atomic mass is 10.1. The van der Waals surface area contributed by atoms with Gasteiger partial charge in [-0.1, -0.05) is 6.07 Å². The summed E-state index contributed by atoms with van der Waals surface area (Å²) in [5.41, 5.74) is 4.95. The number of benzene rings is 2. The second kappa shape index (κ2) is 7.95. The molecule has 3 rings (SSSR count). The van der Waals surface area contributed by atoms with Crippen molar-refractivity contribution in [1.29, 1.82) is 0 Å². The maximum Gasteiger partial charge on any atom is 0.229 e. The van der Waals surface area contributed by atoms with E-state index >= 15 is 0 Å². The number of hydrogen-bond donors (Lipinski definition) is 2. The number of methoxy groups -OCH3 is 2. The normalized spacial score (nSPS) is 10.4. The van der Waals surface area contributed by atoms with E-state index in [2.05, 4.69) is 52.6 Å². The highest BCUT2D eigenvalue weighted by Gasteiger charge is 2.09. The van der Waals surface area contributed by atoms with Crippen LogP contribution in [0, 0.1) is 20.8 Å². The molecule has 2 aromatic carbocycles. The third kappa shape index (κ3) is 4.67. The van der Waals surface area contributed by atoms with Crippen LogP contribution >= 0.6 is 0 Å². The van der Waals surface area contributed by atoms with Crippen molar-refractivity contribution in [3.8, 4) is 11.5 Å². The summed E-state index contributed by atoms with van der Waals surface area (Å²) in [4.78, 5) is 9.07. The van der Waals surface area contributed by atoms with Crippen LogP contribution in [0.1, 0.15) is 16.8 Å². The maximum absolute atomic E-state index is 5.42. The molecule has 0 aliphatic carbocycles. The van der Waals surface area contributed by atoms with Gasteiger partial charge in [0.2, 0.25) is 5.95 Å². The molecule has 0 amide bonds. The summed E-state index contributed by atoms with van der Waals surface area (Å²) in [6.45, 7) is 6.07. The van der Waals surface area contributed by atoms with Crippen LogP contribution in [0.25, 0.3) is 0 Å². The van der Waals surface area contributed by atoms with Gasteiger partial charge in [-0.05, 0) is 56.2 Å². The van der Waals surface area contributed by atoms with Crippen molar-refractivity contribution in [3.63, 3.8) is 0 Å². The first-order valence-corrected chi connectivity index (χ1v) is 8.67. The molecule has 0 bridgehead atoms. The van der Waals surface area contributed by atoms with E-state index in [1.54, 1.807) is 14.2 Å². The van der Waals surface area contributed by atoms with Crippen LogP contribution in [0.5, 0.6) is 11.5 Å². The van der Waals surface area contributed by atoms with E-state index in [0.717, 1.165) is 22.8 Å². The number of hydrogen-bond acceptors (Lipinski definition) is 6. The first-order chi connectivity index (χ1) is 13.0. The molecule has 27 heavy (non-hydrogen) atoms. The summed E-state index contributed by atoms with van der Waals surface area (Å²) in [6, 6.07) is 13.7. The molecule has 0 radical (unpaired) electrons. The second-order valence-corrected chi connectivity index (χ2v) is 6.41. The van der Waals surface area contributed by atoms with E-state index in [1.165, 1.54) is 11.1 Å². The Morgan fingerprint density at radius 3 is 2.19 bits per heavy atom. The van der Waals surface area contributed by atoms with Crippen molar-refractivity contribution in [2.45, 2.75) is 20.8 Å². The molecule has 1 heterocycles. The van der Waals surface area contributed by atoms with Crippen molar-refractivity contribution in [1.82, 2.24) is 9.97 Å². The lowest BCUT2D eigenvalue weighted by molar-refractivity contribution is 0.405. The van der Waals surface area contributed by atoms with Crippen LogP contribution < -0.4 is 20.1 Å². The van der Waals surface area contributed by atoms with Crippen LogP contribution in [-0.2, 0) is 0 Å². The minimum Gasteiger partial charge on any atom is -0.497 e. The zero-order valence-corrected chi connectivity index (χ0v) is 16.3. The van der Waals surface area contributed by atoms with E-state index in [0.29, 0.717) is 17.5 Å². The Balaban J connectivity index is 1.89. The van der Waals surface area contributed by atoms with Gasteiger partial charge in [-0.3, -0.25) is 0 Å². The predicted molar refractivity (Wildman–Crippen MR) is 109 cm³/mol. The molecule has 0 spiro atoms. The molecular formula is C21H24N4O2. The van der Waals surface area contributed by atoms with Crippen LogP contribution in [0.2, 0.25) is 0 Å². The topological polar surface area (TPSA) is 68.3 Å². The molecule has 0 saturated heterocycles. The summed E-state index contributed by atoms with van der Waals surface area (Å²) in [6.07, 6.45) is 0. The standard InChI is InChI=1S/C21H24N4O2/c1-13-8-14(2)10-16(9-13)23-21-22-15(3)11-20(25-21)24-18-12-17(26-4)6-7-19(18)27-5/h6-12H,1-5H3,(H2,22,23,24,25). The monoisotopic (exact) mass is 364 g/mol. The van der Waals surface area contributed by atoms with E-state index in [-0.39, 0.29) is 0 Å². The molecule has 0 fully saturated rings. The van der Waals surface area contributed by atoms with Crippen molar-refractivity contribution in [3.05, 3.63) is 59.3 Å². The third-order valence-corrected chi connectivity index (χ3v) is 4.00. The molecule has 0 aliphatic heterocycles. The Labute approximate surface area is 159 Å². The van der Waals surface area contributed by atoms with E-state index < -0.39 is 0 Å². The molecule has 0 saturated carbocycles. The quantitative estimate of drug-likeness (QED) is 0.648. The Morgan fingerprint density at radius 2 is 1.52 bits per heavy atom. The van der Waals surface area contributed by atoms with Crippen LogP contribution in [0.4, 0.5) is 23.1 Å². The molecular weight excluding hydrogens is 340 g/mol. The highest BCUT2D eigenvalue weighted by atomic mass is 16.5. The highest BCUT2D eigenvalue weighted by Crippen LogP contribution is 2.31. The highest BCUT2D eigenvalue weighted by molar-refractivity contribution is 5.67. The minimum atomic E-state index is 0.532. The van der Waals surface area contributed by atoms with Gasteiger partial charge < -0.3 is 20.1 Å². The molecule has 0 atom stereocenters. The SMILES string of the molecule is COc1ccc(OC)c(Nc2cc(C)nc(Nc3cc(C)cc(C)c3)n2)c1. The molecule has 6 heteroatoms. The van der Waals surface area contributed by atoms with Gasteiger partial charge in [-0.15, -0.1) is 0 Å². The predicted octanol–water partition coefficient (Wildman–Crippen LogP) is 4.91. The van der Waals surface area contributed by atoms with Crippen molar-refractivity contribution >= 4 is 23.1 Å². The van der Waals surface area contributed by atoms with Crippen LogP contribution in [0.15, 0.2) is 42.5 Å². The van der Waals surface area contributed by atoms with Crippen LogP contribution in [0.3, 0.4) is 0 Å². The molecule has 140 valence electrons. The summed E-state index contributed by atoms with van der Waals surface area (Å²) in [5.74, 6) is 2.64. The zero-order chi connectivity index (χ0) is 19.4. The average Bonchev–Trinajstić information content (AvgIpc) is 2.60. The number of anilines is 4. The Bertz CT molecular complexity index is 937. The number of nitrogens with one attached hydrogen (secondary N) is 2. The fourth-order valence-corrected chi connectivity index (χ4v) is 2.91. The molecule has 0 unspecified atom stereocenters. The fraction of sp³-hybridized carbons (Fsp3) is 0.238. The Kier molecular flexibility index (Phi) is 5.45. The molecule has 6 nitrogen and oxygen atoms in total. The maximum atomic E-state index is 5.42. The van der Waals surface area contributed by atoms with Crippen LogP contribution in [-0.4, -0.2) is 24.2 Å². The van der Waals surface area contributed by atoms with Gasteiger partial charge in [-0.25, -0.2) is 4.98 Å². The minimum absolute atomic E-state index is 0.532. The smallest absolute Gasteiger partial charge is 0.229 e. The van der Waals surface area contributed by atoms with E-state index in [1.807, 2.05) is 31.2 Å². The van der Waals surface area contributed by atoms with Crippen molar-refractivity contribution < 1.29 is 9.47 Å². The molecule has 0 aliphatic rings. The van der Waals surface area contributed by atoms with Crippen molar-refractivity contribution in [2.75, 3.05) is 24.9 Å². The lowest BCUT2D eigenvalue weighted by Crippen LogP contribution is -2.03. The largest absolute Gasteiger partial charge is 0.497 e. The van der Waals surface area contributed by atoms with Gasteiger partial charge in [0.15, 0.2) is 0 Å². The van der Waals surface area contributed by atoms with Gasteiger partial charge in [0, 0.05) is 23.5 Å². The zero-order valence-electron chi connectivity index (χ0n) is 16.3. The Morgan fingerprint density at radius 1 is 0.778 bits per heavy atom. The van der Waals surface area contributed by atoms with Gasteiger partial charge in [-0.2, -0.15) is 4.98 Å². The van der Waals surface area contributed by atoms with E-state index in [4.69, 9.17) is 9.47 Å². The molecule has 3 aromatic rings. The van der Waals surface area contributed by atoms with Gasteiger partial charge >= 0.3 is 0 Å². The number of aryl methyl sites for hydroxylation is 3. The summed E-state index contributed by atoms with van der Waals surface area (Å²) in [5, 5.41) is 6.58. The summed E-state index contributed by atoms with van der Waals surface area (Å²) < 4.78 is 10.7. The van der Waals surface area contributed by atoms with Crippen molar-refractivity contribution in [2.24, 2.45) is 0 Å². The first-order valence-electron chi connectivity index (χ1n) is 8.67. The third-order valence-electron chi connectivity index (χ3n) is 4.00. The summed E-state index contributed by atoms with van der Waals surface area (Å²) in [7, 11) is 3.26. The Hall–Kier alpha value is -3.28. The fourth-order valence-electron chi connectivity index (χ4n) is 2.91. The van der Waals surface area contributed by atoms with E-state index in [9.17, 15) is 0 Å². The van der Waals surface area contributed by atoms with Gasteiger partial charge in [0.1, 0.15) is 17.3 Å². The van der Waals surface area contributed by atoms with Gasteiger partial charge in [0.05, 0.1) is 19.9 Å². The second-order valence-electron chi connectivity index (χ2n) is 6.41. The molecule has 2 N–H and O–H groups in total. The average molecular weight is 364 g/mol. The number of rotatable bonds is 6. The lowest BCUT2D eigenvalue weighted by Gasteiger charge is -2.14. The van der Waals surface area contributed by atoms with Gasteiger partial charge in [0.25, 0.3) is 0 Å². The number of ether oxygens (including phenoxy) is 2.